The van der Waals surface area contributed by atoms with Gasteiger partial charge in [-0.25, -0.2) is 0 Å². The Bertz CT molecular complexity index is 680. The molecule has 2 atom stereocenters. The number of halogens is 1. The topological polar surface area (TPSA) is 79.8 Å². The summed E-state index contributed by atoms with van der Waals surface area (Å²) >= 11 is 1.95. The van der Waals surface area contributed by atoms with E-state index in [0.29, 0.717) is 18.9 Å². The first-order valence-corrected chi connectivity index (χ1v) is 10.4. The monoisotopic (exact) mass is 506 g/mol. The second-order valence-electron chi connectivity index (χ2n) is 8.09. The van der Waals surface area contributed by atoms with Crippen LogP contribution in [0.5, 0.6) is 0 Å². The third kappa shape index (κ3) is 5.10. The fourth-order valence-corrected chi connectivity index (χ4v) is 4.78. The van der Waals surface area contributed by atoms with Gasteiger partial charge in [-0.05, 0) is 20.8 Å². The molecule has 152 valence electrons. The van der Waals surface area contributed by atoms with Gasteiger partial charge in [0, 0.05) is 67.8 Å². The van der Waals surface area contributed by atoms with E-state index in [1.165, 1.54) is 0 Å². The van der Waals surface area contributed by atoms with Crippen molar-refractivity contribution in [1.29, 1.82) is 0 Å². The van der Waals surface area contributed by atoms with Crippen LogP contribution in [0.2, 0.25) is 0 Å². The van der Waals surface area contributed by atoms with Crippen molar-refractivity contribution in [3.05, 3.63) is 18.0 Å². The number of likely N-dealkylation sites (tertiary alicyclic amines) is 1. The van der Waals surface area contributed by atoms with Crippen LogP contribution in [0.4, 0.5) is 0 Å². The van der Waals surface area contributed by atoms with Gasteiger partial charge in [0.1, 0.15) is 0 Å². The number of nitrogens with zero attached hydrogens (tertiary/aromatic N) is 5. The van der Waals surface area contributed by atoms with Crippen LogP contribution in [0.15, 0.2) is 17.4 Å². The Morgan fingerprint density at radius 3 is 2.59 bits per heavy atom. The number of amides is 1. The van der Waals surface area contributed by atoms with E-state index in [1.54, 1.807) is 4.68 Å². The molecule has 7 nitrogen and oxygen atoms in total. The van der Waals surface area contributed by atoms with Gasteiger partial charge in [-0.3, -0.25) is 14.5 Å². The van der Waals surface area contributed by atoms with Crippen LogP contribution in [0.25, 0.3) is 0 Å². The lowest BCUT2D eigenvalue weighted by Gasteiger charge is -2.38. The zero-order valence-corrected chi connectivity index (χ0v) is 19.7. The lowest BCUT2D eigenvalue weighted by Crippen LogP contribution is -2.44. The normalized spacial score (nSPS) is 24.3. The van der Waals surface area contributed by atoms with Gasteiger partial charge in [-0.2, -0.15) is 16.9 Å². The zero-order valence-electron chi connectivity index (χ0n) is 16.6. The maximum absolute atomic E-state index is 12.8. The smallest absolute Gasteiger partial charge is 0.223 e. The van der Waals surface area contributed by atoms with E-state index in [9.17, 15) is 4.79 Å². The Balaban J connectivity index is 0.00000261. The van der Waals surface area contributed by atoms with Crippen LogP contribution in [0, 0.1) is 5.92 Å². The molecule has 0 bridgehead atoms. The molecule has 27 heavy (non-hydrogen) atoms. The van der Waals surface area contributed by atoms with Crippen molar-refractivity contribution >= 4 is 47.6 Å². The fraction of sp³-hybridized carbons (Fsp3) is 0.722. The predicted octanol–water partition coefficient (Wildman–Crippen LogP) is 2.09. The highest BCUT2D eigenvalue weighted by Crippen LogP contribution is 2.42. The number of hydrogen-bond acceptors (Lipinski definition) is 4. The van der Waals surface area contributed by atoms with Gasteiger partial charge in [-0.15, -0.1) is 24.0 Å². The Hall–Kier alpha value is -0.970. The minimum absolute atomic E-state index is 0. The highest BCUT2D eigenvalue weighted by molar-refractivity contribution is 14.0. The second-order valence-corrected chi connectivity index (χ2v) is 9.31. The SMILES string of the molecule is Cn1cc([C@H]2[C@H](CN=C(N)N3CCSCC3)CC(=O)N2C(C)(C)C)cn1.I. The fourth-order valence-electron chi connectivity index (χ4n) is 3.87. The molecule has 1 amide bonds. The molecule has 0 unspecified atom stereocenters. The summed E-state index contributed by atoms with van der Waals surface area (Å²) in [6.07, 6.45) is 4.37. The predicted molar refractivity (Wildman–Crippen MR) is 121 cm³/mol. The highest BCUT2D eigenvalue weighted by Gasteiger charge is 2.45. The lowest BCUT2D eigenvalue weighted by molar-refractivity contribution is -0.133. The summed E-state index contributed by atoms with van der Waals surface area (Å²) in [5.41, 5.74) is 7.05. The Morgan fingerprint density at radius 1 is 1.37 bits per heavy atom. The third-order valence-corrected chi connectivity index (χ3v) is 5.98. The maximum atomic E-state index is 12.8. The lowest BCUT2D eigenvalue weighted by atomic mass is 9.93. The number of aliphatic imine (C=N–C) groups is 1. The van der Waals surface area contributed by atoms with E-state index < -0.39 is 0 Å². The van der Waals surface area contributed by atoms with Gasteiger partial charge in [0.25, 0.3) is 0 Å². The van der Waals surface area contributed by atoms with Crippen molar-refractivity contribution in [2.75, 3.05) is 31.1 Å². The Kier molecular flexibility index (Phi) is 7.46. The van der Waals surface area contributed by atoms with E-state index in [4.69, 9.17) is 5.73 Å². The molecule has 3 rings (SSSR count). The van der Waals surface area contributed by atoms with E-state index in [1.807, 2.05) is 36.1 Å². The number of rotatable bonds is 3. The first kappa shape index (κ1) is 22.3. The number of carbonyl (C=O) groups is 1. The summed E-state index contributed by atoms with van der Waals surface area (Å²) < 4.78 is 1.79. The van der Waals surface area contributed by atoms with Crippen LogP contribution < -0.4 is 5.73 Å². The Labute approximate surface area is 183 Å². The van der Waals surface area contributed by atoms with Crippen molar-refractivity contribution in [2.45, 2.75) is 38.8 Å². The number of hydrogen-bond donors (Lipinski definition) is 1. The van der Waals surface area contributed by atoms with Crippen molar-refractivity contribution in [3.63, 3.8) is 0 Å². The third-order valence-electron chi connectivity index (χ3n) is 5.04. The maximum Gasteiger partial charge on any atom is 0.223 e. The average molecular weight is 506 g/mol. The molecule has 0 saturated carbocycles. The minimum Gasteiger partial charge on any atom is -0.370 e. The first-order chi connectivity index (χ1) is 12.3. The number of thioether (sulfide) groups is 1. The molecule has 2 N–H and O–H groups in total. The second kappa shape index (κ2) is 9.02. The molecule has 0 aliphatic carbocycles. The summed E-state index contributed by atoms with van der Waals surface area (Å²) in [4.78, 5) is 21.6. The molecular weight excluding hydrogens is 475 g/mol. The molecule has 9 heteroatoms. The molecule has 2 aliphatic rings. The number of aryl methyl sites for hydroxylation is 1. The summed E-state index contributed by atoms with van der Waals surface area (Å²) in [5.74, 6) is 3.09. The number of aromatic nitrogens is 2. The van der Waals surface area contributed by atoms with E-state index in [2.05, 4.69) is 35.8 Å². The highest BCUT2D eigenvalue weighted by atomic mass is 127. The molecule has 1 aromatic rings. The molecule has 2 saturated heterocycles. The van der Waals surface area contributed by atoms with Gasteiger partial charge in [0.05, 0.1) is 12.2 Å². The molecule has 2 fully saturated rings. The van der Waals surface area contributed by atoms with Gasteiger partial charge in [0.2, 0.25) is 5.91 Å². The van der Waals surface area contributed by atoms with Crippen LogP contribution in [-0.2, 0) is 11.8 Å². The van der Waals surface area contributed by atoms with E-state index in [-0.39, 0.29) is 47.4 Å². The zero-order chi connectivity index (χ0) is 18.9. The molecule has 0 radical (unpaired) electrons. The van der Waals surface area contributed by atoms with E-state index >= 15 is 0 Å². The van der Waals surface area contributed by atoms with Gasteiger partial charge in [-0.1, -0.05) is 0 Å². The largest absolute Gasteiger partial charge is 0.370 e. The van der Waals surface area contributed by atoms with Crippen LogP contribution in [-0.4, -0.2) is 68.1 Å². The first-order valence-electron chi connectivity index (χ1n) is 9.20. The quantitative estimate of drug-likeness (QED) is 0.386. The summed E-state index contributed by atoms with van der Waals surface area (Å²) in [6, 6.07) is -0.00957. The molecule has 2 aliphatic heterocycles. The minimum atomic E-state index is -0.244. The Morgan fingerprint density at radius 2 is 2.04 bits per heavy atom. The molecule has 3 heterocycles. The van der Waals surface area contributed by atoms with Crippen molar-refractivity contribution in [3.8, 4) is 0 Å². The summed E-state index contributed by atoms with van der Waals surface area (Å²) in [5, 5.41) is 4.31. The van der Waals surface area contributed by atoms with Crippen LogP contribution in [0.3, 0.4) is 0 Å². The molecule has 0 aromatic carbocycles. The van der Waals surface area contributed by atoms with Crippen LogP contribution >= 0.6 is 35.7 Å². The summed E-state index contributed by atoms with van der Waals surface area (Å²) in [6.45, 7) is 8.71. The number of guanidine groups is 1. The van der Waals surface area contributed by atoms with Gasteiger partial charge >= 0.3 is 0 Å². The number of carbonyl (C=O) groups excluding carboxylic acids is 1. The molecule has 1 aromatic heterocycles. The number of nitrogens with two attached hydrogens (primary N) is 1. The average Bonchev–Trinajstić information content (AvgIpc) is 3.15. The van der Waals surface area contributed by atoms with Crippen molar-refractivity contribution in [2.24, 2.45) is 23.7 Å². The molecule has 0 spiro atoms. The van der Waals surface area contributed by atoms with Crippen molar-refractivity contribution < 1.29 is 4.79 Å². The van der Waals surface area contributed by atoms with E-state index in [0.717, 1.165) is 30.2 Å². The van der Waals surface area contributed by atoms with Gasteiger partial charge in [0.15, 0.2) is 5.96 Å². The van der Waals surface area contributed by atoms with Gasteiger partial charge < -0.3 is 15.5 Å². The summed E-state index contributed by atoms with van der Waals surface area (Å²) in [7, 11) is 1.90. The van der Waals surface area contributed by atoms with Crippen LogP contribution in [0.1, 0.15) is 38.8 Å². The van der Waals surface area contributed by atoms with Crippen molar-refractivity contribution in [1.82, 2.24) is 19.6 Å². The standard InChI is InChI=1S/C18H30N6OS.HI/c1-18(2,3)24-15(25)9-13(16(24)14-11-21-22(4)12-14)10-20-17(19)23-5-7-26-8-6-23;/h11-13,16H,5-10H2,1-4H3,(H2,19,20);1H/t13-,16+;/m0./s1. The molecular formula is C18H31IN6OS.